The van der Waals surface area contributed by atoms with Crippen molar-refractivity contribution in [3.63, 3.8) is 0 Å². The summed E-state index contributed by atoms with van der Waals surface area (Å²) in [4.78, 5) is 15.7. The van der Waals surface area contributed by atoms with Crippen LogP contribution in [0.3, 0.4) is 0 Å². The first-order valence-electron chi connectivity index (χ1n) is 9.87. The van der Waals surface area contributed by atoms with E-state index in [-0.39, 0.29) is 16.9 Å². The Morgan fingerprint density at radius 1 is 0.889 bits per heavy atom. The van der Waals surface area contributed by atoms with Crippen LogP contribution in [0.15, 0.2) is 23.6 Å². The molecule has 0 fully saturated rings. The van der Waals surface area contributed by atoms with Gasteiger partial charge in [-0.15, -0.1) is 0 Å². The lowest BCUT2D eigenvalue weighted by Gasteiger charge is -2.08. The fourth-order valence-corrected chi connectivity index (χ4v) is 4.38. The van der Waals surface area contributed by atoms with Crippen molar-refractivity contribution >= 4 is 15.9 Å². The zero-order valence-electron chi connectivity index (χ0n) is 15.9. The molecular formula is C18H31N5O3S. The number of nitrogens with zero attached hydrogens (tertiary/aromatic N) is 3. The highest BCUT2D eigenvalue weighted by Crippen LogP contribution is 2.12. The second kappa shape index (κ2) is 11.7. The molecule has 27 heavy (non-hydrogen) atoms. The van der Waals surface area contributed by atoms with Gasteiger partial charge in [0.05, 0.1) is 5.75 Å². The Morgan fingerprint density at radius 2 is 1.56 bits per heavy atom. The molecule has 2 rings (SSSR count). The number of urea groups is 1. The number of hydrogen-bond acceptors (Lipinski definition) is 5. The Labute approximate surface area is 161 Å². The lowest BCUT2D eigenvalue weighted by molar-refractivity contribution is 0.240. The van der Waals surface area contributed by atoms with Crippen LogP contribution in [-0.2, 0) is 16.4 Å². The molecule has 1 aromatic rings. The molecule has 1 aliphatic heterocycles. The molecule has 2 N–H and O–H groups in total. The van der Waals surface area contributed by atoms with Gasteiger partial charge in [0.25, 0.3) is 0 Å². The molecule has 0 spiro atoms. The molecule has 2 amide bonds. The van der Waals surface area contributed by atoms with Gasteiger partial charge in [-0.1, -0.05) is 18.6 Å². The topological polar surface area (TPSA) is 106 Å². The summed E-state index contributed by atoms with van der Waals surface area (Å²) in [5.41, 5.74) is 0. The van der Waals surface area contributed by atoms with E-state index in [9.17, 15) is 13.2 Å². The van der Waals surface area contributed by atoms with E-state index in [4.69, 9.17) is 0 Å². The van der Waals surface area contributed by atoms with E-state index < -0.39 is 9.84 Å². The third-order valence-electron chi connectivity index (χ3n) is 4.47. The number of amides is 2. The lowest BCUT2D eigenvalue weighted by atomic mass is 10.1. The first-order valence-corrected chi connectivity index (χ1v) is 11.5. The zero-order valence-corrected chi connectivity index (χ0v) is 16.7. The summed E-state index contributed by atoms with van der Waals surface area (Å²) >= 11 is 0. The van der Waals surface area contributed by atoms with Crippen molar-refractivity contribution in [1.82, 2.24) is 25.4 Å². The highest BCUT2D eigenvalue weighted by molar-refractivity contribution is 7.91. The van der Waals surface area contributed by atoms with Crippen LogP contribution in [0.4, 0.5) is 4.79 Å². The van der Waals surface area contributed by atoms with Crippen LogP contribution in [-0.4, -0.2) is 48.1 Å². The normalized spacial score (nSPS) is 22.4. The number of fused-ring (bicyclic) bond motifs is 1. The van der Waals surface area contributed by atoms with Gasteiger partial charge in [0.1, 0.15) is 6.33 Å². The smallest absolute Gasteiger partial charge is 0.314 e. The maximum Gasteiger partial charge on any atom is 0.314 e. The predicted octanol–water partition coefficient (Wildman–Crippen LogP) is 2.43. The van der Waals surface area contributed by atoms with Crippen LogP contribution >= 0.6 is 0 Å². The van der Waals surface area contributed by atoms with Gasteiger partial charge in [0.15, 0.2) is 0 Å². The molecule has 1 aromatic heterocycles. The van der Waals surface area contributed by atoms with E-state index in [2.05, 4.69) is 32.9 Å². The van der Waals surface area contributed by atoms with Crippen LogP contribution in [0.1, 0.15) is 57.8 Å². The van der Waals surface area contributed by atoms with Crippen molar-refractivity contribution in [2.75, 3.05) is 18.8 Å². The molecule has 1 aliphatic rings. The first-order chi connectivity index (χ1) is 13.1. The number of hydrogen-bond donors (Lipinski definition) is 2. The Balaban J connectivity index is 1.91. The Morgan fingerprint density at radius 3 is 2.30 bits per heavy atom. The summed E-state index contributed by atoms with van der Waals surface area (Å²) in [6, 6.07) is -0.152. The maximum atomic E-state index is 12.5. The van der Waals surface area contributed by atoms with Gasteiger partial charge in [-0.05, 0) is 51.4 Å². The lowest BCUT2D eigenvalue weighted by Crippen LogP contribution is -2.36. The Bertz CT molecular complexity index is 700. The molecule has 152 valence electrons. The van der Waals surface area contributed by atoms with E-state index in [1.807, 2.05) is 0 Å². The third-order valence-corrected chi connectivity index (χ3v) is 6.17. The van der Waals surface area contributed by atoms with Crippen molar-refractivity contribution in [2.45, 2.75) is 69.5 Å². The average Bonchev–Trinajstić information content (AvgIpc) is 3.11. The molecule has 0 atom stereocenters. The Hall–Kier alpha value is -1.90. The van der Waals surface area contributed by atoms with E-state index in [0.29, 0.717) is 26.1 Å². The van der Waals surface area contributed by atoms with Gasteiger partial charge in [-0.2, -0.15) is 5.10 Å². The van der Waals surface area contributed by atoms with Crippen LogP contribution < -0.4 is 10.6 Å². The van der Waals surface area contributed by atoms with Crippen molar-refractivity contribution in [3.8, 4) is 0 Å². The number of carbonyl (C=O) groups excluding carboxylic acids is 1. The summed E-state index contributed by atoms with van der Waals surface area (Å²) < 4.78 is 26.5. The summed E-state index contributed by atoms with van der Waals surface area (Å²) in [6.07, 6.45) is 13.6. The minimum absolute atomic E-state index is 0.0546. The number of nitrogens with one attached hydrogen (secondary N) is 2. The summed E-state index contributed by atoms with van der Waals surface area (Å²) in [5.74, 6) is 0.108. The van der Waals surface area contributed by atoms with Gasteiger partial charge < -0.3 is 10.6 Å². The van der Waals surface area contributed by atoms with Gasteiger partial charge in [-0.3, -0.25) is 0 Å². The van der Waals surface area contributed by atoms with E-state index >= 15 is 0 Å². The maximum absolute atomic E-state index is 12.5. The second-order valence-corrected chi connectivity index (χ2v) is 8.79. The van der Waals surface area contributed by atoms with Crippen LogP contribution in [0.2, 0.25) is 0 Å². The van der Waals surface area contributed by atoms with Crippen LogP contribution in [0, 0.1) is 0 Å². The van der Waals surface area contributed by atoms with Gasteiger partial charge >= 0.3 is 6.03 Å². The molecule has 9 heteroatoms. The Kier molecular flexibility index (Phi) is 9.30. The van der Waals surface area contributed by atoms with Gasteiger partial charge in [0, 0.05) is 19.6 Å². The highest BCUT2D eigenvalue weighted by Gasteiger charge is 2.21. The molecule has 0 unspecified atom stereocenters. The second-order valence-electron chi connectivity index (χ2n) is 6.79. The third kappa shape index (κ3) is 8.11. The highest BCUT2D eigenvalue weighted by atomic mass is 32.2. The van der Waals surface area contributed by atoms with E-state index in [1.54, 1.807) is 0 Å². The number of rotatable bonds is 0. The molecule has 0 radical (unpaired) electrons. The molecule has 0 aliphatic carbocycles. The van der Waals surface area contributed by atoms with Gasteiger partial charge in [0.2, 0.25) is 15.0 Å². The van der Waals surface area contributed by atoms with Gasteiger partial charge in [-0.25, -0.2) is 22.9 Å². The van der Waals surface area contributed by atoms with E-state index in [1.165, 1.54) is 11.0 Å². The molecule has 2 heterocycles. The summed E-state index contributed by atoms with van der Waals surface area (Å²) in [5, 5.41) is 9.78. The van der Waals surface area contributed by atoms with Crippen LogP contribution in [0.25, 0.3) is 0 Å². The largest absolute Gasteiger partial charge is 0.338 e. The van der Waals surface area contributed by atoms with Crippen LogP contribution in [0.5, 0.6) is 0 Å². The summed E-state index contributed by atoms with van der Waals surface area (Å²) in [7, 11) is -3.41. The predicted molar refractivity (Wildman–Crippen MR) is 104 cm³/mol. The number of allylic oxidation sites excluding steroid dienone is 2. The first kappa shape index (κ1) is 21.4. The number of aryl methyl sites for hydroxylation is 1. The standard InChI is InChI=1S/C18H31N5O3S/c24-17-19-12-8-6-4-2-1-3-5-7-11-15-27(25,26)18-21-16-22-23(18)14-10-9-13-20-17/h1-2,16H,3-15H2,(H2,19,20,24)/b2-1-. The number of aromatic nitrogens is 3. The zero-order chi connectivity index (χ0) is 19.4. The molecule has 0 bridgehead atoms. The molecule has 0 saturated carbocycles. The minimum Gasteiger partial charge on any atom is -0.338 e. The van der Waals surface area contributed by atoms with Crippen molar-refractivity contribution < 1.29 is 13.2 Å². The average molecular weight is 398 g/mol. The minimum atomic E-state index is -3.41. The van der Waals surface area contributed by atoms with Crippen molar-refractivity contribution in [2.24, 2.45) is 0 Å². The fraction of sp³-hybridized carbons (Fsp3) is 0.722. The number of sulfone groups is 1. The molecule has 0 aromatic carbocycles. The molecule has 0 saturated heterocycles. The SMILES string of the molecule is O=C1NCCCC/C=C\CCCCCS(=O)(=O)c2ncnn2CCCCN1. The molecule has 8 nitrogen and oxygen atoms in total. The summed E-state index contributed by atoms with van der Waals surface area (Å²) in [6.45, 7) is 1.70. The monoisotopic (exact) mass is 397 g/mol. The molecular weight excluding hydrogens is 366 g/mol. The van der Waals surface area contributed by atoms with Crippen molar-refractivity contribution in [3.05, 3.63) is 18.5 Å². The van der Waals surface area contributed by atoms with E-state index in [0.717, 1.165) is 51.4 Å². The van der Waals surface area contributed by atoms with Crippen molar-refractivity contribution in [1.29, 1.82) is 0 Å². The quantitative estimate of drug-likeness (QED) is 0.654. The fourth-order valence-electron chi connectivity index (χ4n) is 2.95. The number of carbonyl (C=O) groups is 1.